The molecule has 0 atom stereocenters. The number of nitrogens with zero attached hydrogens (tertiary/aromatic N) is 8. The molecular weight excluding hydrogens is 556 g/mol. The van der Waals surface area contributed by atoms with Crippen LogP contribution in [0.1, 0.15) is 19.5 Å². The van der Waals surface area contributed by atoms with Crippen molar-refractivity contribution in [2.24, 2.45) is 0 Å². The molecule has 0 amide bonds. The van der Waals surface area contributed by atoms with Crippen molar-refractivity contribution in [3.05, 3.63) is 77.4 Å². The number of aromatic nitrogens is 5. The van der Waals surface area contributed by atoms with Gasteiger partial charge in [-0.15, -0.1) is 6.58 Å². The molecule has 4 aromatic rings. The zero-order chi connectivity index (χ0) is 30.4. The van der Waals surface area contributed by atoms with Gasteiger partial charge in [-0.05, 0) is 50.2 Å². The zero-order valence-electron chi connectivity index (χ0n) is 25.4. The molecule has 0 saturated carbocycles. The number of hydrogen-bond acceptors (Lipinski definition) is 10. The van der Waals surface area contributed by atoms with Crippen LogP contribution in [0.4, 0.5) is 17.3 Å². The first-order valence-corrected chi connectivity index (χ1v) is 15.4. The molecule has 44 heavy (non-hydrogen) atoms. The molecule has 230 valence electrons. The number of benzene rings is 1. The molecule has 12 nitrogen and oxygen atoms in total. The van der Waals surface area contributed by atoms with Gasteiger partial charge in [0.2, 0.25) is 5.95 Å². The lowest BCUT2D eigenvalue weighted by Crippen LogP contribution is -2.70. The van der Waals surface area contributed by atoms with Crippen LogP contribution < -0.4 is 21.1 Å². The molecule has 3 N–H and O–H groups in total. The van der Waals surface area contributed by atoms with Crippen molar-refractivity contribution < 1.29 is 5.11 Å². The Kier molecular flexibility index (Phi) is 7.45. The van der Waals surface area contributed by atoms with E-state index in [0.29, 0.717) is 34.5 Å². The van der Waals surface area contributed by atoms with Crippen molar-refractivity contribution in [3.8, 4) is 5.82 Å². The van der Waals surface area contributed by atoms with Gasteiger partial charge >= 0.3 is 0 Å². The minimum absolute atomic E-state index is 0.239. The Morgan fingerprint density at radius 1 is 1.02 bits per heavy atom. The molecule has 0 bridgehead atoms. The summed E-state index contributed by atoms with van der Waals surface area (Å²) in [6, 6.07) is 15.1. The number of rotatable bonds is 9. The molecule has 7 rings (SSSR count). The first kappa shape index (κ1) is 28.7. The number of anilines is 3. The molecule has 12 heteroatoms. The highest BCUT2D eigenvalue weighted by molar-refractivity contribution is 5.77. The molecule has 0 aliphatic carbocycles. The number of piperazine rings is 1. The van der Waals surface area contributed by atoms with Crippen LogP contribution in [0.5, 0.6) is 0 Å². The van der Waals surface area contributed by atoms with Crippen LogP contribution in [0.2, 0.25) is 0 Å². The van der Waals surface area contributed by atoms with Crippen molar-refractivity contribution in [2.45, 2.75) is 38.1 Å². The molecule has 1 aromatic carbocycles. The van der Waals surface area contributed by atoms with E-state index in [1.807, 2.05) is 12.1 Å². The third-order valence-electron chi connectivity index (χ3n) is 9.04. The number of pyridine rings is 1. The maximum absolute atomic E-state index is 13.3. The summed E-state index contributed by atoms with van der Waals surface area (Å²) >= 11 is 0. The fourth-order valence-corrected chi connectivity index (χ4v) is 6.27. The van der Waals surface area contributed by atoms with E-state index in [4.69, 9.17) is 4.98 Å². The lowest BCUT2D eigenvalue weighted by atomic mass is 10.00. The van der Waals surface area contributed by atoms with Crippen LogP contribution in [0, 0.1) is 0 Å². The number of hydrogen-bond donors (Lipinski definition) is 3. The van der Waals surface area contributed by atoms with Gasteiger partial charge in [0.25, 0.3) is 5.56 Å². The van der Waals surface area contributed by atoms with E-state index in [-0.39, 0.29) is 12.1 Å². The Labute approximate surface area is 256 Å². The van der Waals surface area contributed by atoms with Crippen molar-refractivity contribution in [3.63, 3.8) is 0 Å². The lowest BCUT2D eigenvalue weighted by Gasteiger charge is -2.53. The largest absolute Gasteiger partial charge is 0.384 e. The summed E-state index contributed by atoms with van der Waals surface area (Å²) in [6.07, 6.45) is 3.20. The van der Waals surface area contributed by atoms with Gasteiger partial charge in [0.1, 0.15) is 11.0 Å². The first-order valence-electron chi connectivity index (χ1n) is 15.4. The third kappa shape index (κ3) is 5.38. The smallest absolute Gasteiger partial charge is 0.278 e. The fourth-order valence-electron chi connectivity index (χ4n) is 6.27. The van der Waals surface area contributed by atoms with E-state index >= 15 is 0 Å². The summed E-state index contributed by atoms with van der Waals surface area (Å²) in [5.41, 5.74) is 1.58. The van der Waals surface area contributed by atoms with E-state index in [2.05, 4.69) is 54.0 Å². The van der Waals surface area contributed by atoms with E-state index in [0.717, 1.165) is 51.0 Å². The fraction of sp³-hybridized carbons (Fsp3) is 0.438. The third-order valence-corrected chi connectivity index (χ3v) is 9.04. The monoisotopic (exact) mass is 596 g/mol. The van der Waals surface area contributed by atoms with Crippen LogP contribution >= 0.6 is 0 Å². The van der Waals surface area contributed by atoms with Gasteiger partial charge in [0, 0.05) is 82.0 Å². The quantitative estimate of drug-likeness (QED) is 0.247. The summed E-state index contributed by atoms with van der Waals surface area (Å²) in [5, 5.41) is 17.6. The molecule has 3 aromatic heterocycles. The standard InChI is InChI=1S/C32H40N10O2/c1-4-12-41-30(43)26-19-34-31(37-29(26)42(41)28-7-5-6-27(36-28)32(2,3)44)35-22-8-10-23(11-9-22)38-13-15-39(16-14-38)25-20-40(21-25)24-17-33-18-24/h4-11,19,24-25,33,44H,1,12-18,20-21H2,2-3H3,(H,34,35,37). The van der Waals surface area contributed by atoms with E-state index in [1.165, 1.54) is 23.5 Å². The van der Waals surface area contributed by atoms with E-state index in [9.17, 15) is 9.90 Å². The maximum atomic E-state index is 13.3. The summed E-state index contributed by atoms with van der Waals surface area (Å²) in [7, 11) is 0. The predicted octanol–water partition coefficient (Wildman–Crippen LogP) is 1.91. The van der Waals surface area contributed by atoms with Crippen LogP contribution in [-0.2, 0) is 12.1 Å². The lowest BCUT2D eigenvalue weighted by molar-refractivity contribution is -0.0120. The van der Waals surface area contributed by atoms with Crippen molar-refractivity contribution in [1.29, 1.82) is 0 Å². The summed E-state index contributed by atoms with van der Waals surface area (Å²) < 4.78 is 3.18. The Bertz CT molecular complexity index is 1710. The number of allylic oxidation sites excluding steroid dienone is 1. The molecule has 3 saturated heterocycles. The van der Waals surface area contributed by atoms with Gasteiger partial charge < -0.3 is 20.6 Å². The average Bonchev–Trinajstić information content (AvgIpc) is 3.24. The number of likely N-dealkylation sites (tertiary alicyclic amines) is 1. The topological polar surface area (TPSA) is 120 Å². The zero-order valence-corrected chi connectivity index (χ0v) is 25.4. The van der Waals surface area contributed by atoms with Crippen molar-refractivity contribution >= 4 is 28.4 Å². The second kappa shape index (κ2) is 11.4. The Hall–Kier alpha value is -4.10. The minimum atomic E-state index is -1.14. The molecule has 6 heterocycles. The Balaban J connectivity index is 1.06. The minimum Gasteiger partial charge on any atom is -0.384 e. The van der Waals surface area contributed by atoms with Crippen LogP contribution in [0.25, 0.3) is 16.9 Å². The highest BCUT2D eigenvalue weighted by atomic mass is 16.3. The SMILES string of the molecule is C=CCn1c(=O)c2cnc(Nc3ccc(N4CCN(C5CN(C6CNC6)C5)CC4)cc3)nc2n1-c1cccc(C(C)(C)O)n1. The van der Waals surface area contributed by atoms with Crippen molar-refractivity contribution in [1.82, 2.24) is 39.4 Å². The first-order chi connectivity index (χ1) is 21.3. The molecule has 0 spiro atoms. The highest BCUT2D eigenvalue weighted by Gasteiger charge is 2.38. The predicted molar refractivity (Wildman–Crippen MR) is 172 cm³/mol. The van der Waals surface area contributed by atoms with Gasteiger partial charge in [-0.25, -0.2) is 19.3 Å². The highest BCUT2D eigenvalue weighted by Crippen LogP contribution is 2.26. The van der Waals surface area contributed by atoms with Crippen molar-refractivity contribution in [2.75, 3.05) is 62.6 Å². The molecular formula is C32H40N10O2. The second-order valence-corrected chi connectivity index (χ2v) is 12.5. The van der Waals surface area contributed by atoms with E-state index < -0.39 is 5.60 Å². The normalized spacial score (nSPS) is 18.8. The second-order valence-electron chi connectivity index (χ2n) is 12.5. The summed E-state index contributed by atoms with van der Waals surface area (Å²) in [6.45, 7) is 16.4. The van der Waals surface area contributed by atoms with Gasteiger partial charge in [0.15, 0.2) is 11.5 Å². The van der Waals surface area contributed by atoms with Gasteiger partial charge in [-0.2, -0.15) is 4.98 Å². The molecule has 3 fully saturated rings. The van der Waals surface area contributed by atoms with Crippen LogP contribution in [-0.4, -0.2) is 104 Å². The van der Waals surface area contributed by atoms with E-state index in [1.54, 1.807) is 49.0 Å². The van der Waals surface area contributed by atoms with Gasteiger partial charge in [0.05, 0.1) is 12.2 Å². The number of fused-ring (bicyclic) bond motifs is 1. The molecule has 0 radical (unpaired) electrons. The summed E-state index contributed by atoms with van der Waals surface area (Å²) in [4.78, 5) is 34.8. The molecule has 3 aliphatic heterocycles. The Morgan fingerprint density at radius 2 is 1.77 bits per heavy atom. The Morgan fingerprint density at radius 3 is 2.43 bits per heavy atom. The van der Waals surface area contributed by atoms with Gasteiger partial charge in [-0.3, -0.25) is 14.6 Å². The van der Waals surface area contributed by atoms with Gasteiger partial charge in [-0.1, -0.05) is 12.1 Å². The average molecular weight is 597 g/mol. The maximum Gasteiger partial charge on any atom is 0.278 e. The number of aliphatic hydroxyl groups is 1. The summed E-state index contributed by atoms with van der Waals surface area (Å²) in [5.74, 6) is 0.840. The number of nitrogens with one attached hydrogen (secondary N) is 2. The molecule has 0 unspecified atom stereocenters. The van der Waals surface area contributed by atoms with Crippen LogP contribution in [0.15, 0.2) is 66.1 Å². The van der Waals surface area contributed by atoms with Crippen LogP contribution in [0.3, 0.4) is 0 Å². The molecule has 3 aliphatic rings.